The molecule has 2 aromatic rings. The first-order valence-corrected chi connectivity index (χ1v) is 9.06. The van der Waals surface area contributed by atoms with E-state index >= 15 is 0 Å². The van der Waals surface area contributed by atoms with Gasteiger partial charge >= 0.3 is 5.97 Å². The summed E-state index contributed by atoms with van der Waals surface area (Å²) in [5.41, 5.74) is 2.79. The largest absolute Gasteiger partial charge is 0.456 e. The average molecular weight is 347 g/mol. The Balaban J connectivity index is 2.16. The van der Waals surface area contributed by atoms with Crippen LogP contribution in [0.1, 0.15) is 29.7 Å². The van der Waals surface area contributed by atoms with Gasteiger partial charge in [-0.25, -0.2) is 13.1 Å². The molecule has 0 spiro atoms. The van der Waals surface area contributed by atoms with Gasteiger partial charge in [-0.2, -0.15) is 0 Å². The highest BCUT2D eigenvalue weighted by atomic mass is 32.2. The maximum Gasteiger partial charge on any atom is 0.303 e. The van der Waals surface area contributed by atoms with Gasteiger partial charge in [0.15, 0.2) is 0 Å². The van der Waals surface area contributed by atoms with Crippen molar-refractivity contribution in [3.63, 3.8) is 0 Å². The molecule has 2 rings (SSSR count). The molecule has 0 bridgehead atoms. The number of hydrogen-bond acceptors (Lipinski definition) is 4. The molecule has 0 aromatic heterocycles. The van der Waals surface area contributed by atoms with Crippen LogP contribution in [0.15, 0.2) is 53.4 Å². The molecule has 0 amide bonds. The monoisotopic (exact) mass is 347 g/mol. The Morgan fingerprint density at radius 3 is 2.00 bits per heavy atom. The predicted octanol–water partition coefficient (Wildman–Crippen LogP) is 2.89. The lowest BCUT2D eigenvalue weighted by Gasteiger charge is -2.18. The molecule has 0 aliphatic heterocycles. The Hall–Kier alpha value is -2.18. The Bertz CT molecular complexity index is 796. The number of nitrogens with one attached hydrogen (secondary N) is 1. The summed E-state index contributed by atoms with van der Waals surface area (Å²) in [5, 5.41) is 0. The van der Waals surface area contributed by atoms with Crippen LogP contribution < -0.4 is 4.72 Å². The third-order valence-electron chi connectivity index (χ3n) is 3.55. The Morgan fingerprint density at radius 2 is 1.50 bits per heavy atom. The molecule has 128 valence electrons. The van der Waals surface area contributed by atoms with Gasteiger partial charge in [0.25, 0.3) is 0 Å². The van der Waals surface area contributed by atoms with Crippen LogP contribution >= 0.6 is 0 Å². The molecule has 1 N–H and O–H groups in total. The number of carbonyl (C=O) groups excluding carboxylic acids is 1. The van der Waals surface area contributed by atoms with Crippen molar-refractivity contribution in [2.75, 3.05) is 6.54 Å². The molecule has 24 heavy (non-hydrogen) atoms. The quantitative estimate of drug-likeness (QED) is 0.816. The van der Waals surface area contributed by atoms with E-state index in [1.54, 1.807) is 24.3 Å². The zero-order chi connectivity index (χ0) is 17.7. The van der Waals surface area contributed by atoms with Crippen molar-refractivity contribution in [3.05, 3.63) is 65.2 Å². The second kappa shape index (κ2) is 7.59. The van der Waals surface area contributed by atoms with Crippen molar-refractivity contribution >= 4 is 16.0 Å². The van der Waals surface area contributed by atoms with Crippen LogP contribution in [0.25, 0.3) is 0 Å². The van der Waals surface area contributed by atoms with E-state index in [-0.39, 0.29) is 11.4 Å². The molecular formula is C18H21NO4S. The Morgan fingerprint density at radius 1 is 1.00 bits per heavy atom. The number of hydrogen-bond donors (Lipinski definition) is 1. The van der Waals surface area contributed by atoms with Gasteiger partial charge in [-0.1, -0.05) is 47.5 Å². The number of esters is 1. The first kappa shape index (κ1) is 18.2. The first-order valence-electron chi connectivity index (χ1n) is 7.58. The average Bonchev–Trinajstić information content (AvgIpc) is 2.52. The predicted molar refractivity (Wildman–Crippen MR) is 92.1 cm³/mol. The number of benzene rings is 2. The van der Waals surface area contributed by atoms with Gasteiger partial charge in [0.2, 0.25) is 10.0 Å². The third-order valence-corrected chi connectivity index (χ3v) is 4.99. The summed E-state index contributed by atoms with van der Waals surface area (Å²) in [6.07, 6.45) is -0.677. The smallest absolute Gasteiger partial charge is 0.303 e. The van der Waals surface area contributed by atoms with Gasteiger partial charge in [-0.05, 0) is 31.5 Å². The fourth-order valence-electron chi connectivity index (χ4n) is 2.20. The van der Waals surface area contributed by atoms with E-state index in [9.17, 15) is 13.2 Å². The second-order valence-corrected chi connectivity index (χ2v) is 7.44. The Kier molecular flexibility index (Phi) is 5.75. The molecule has 1 atom stereocenters. The zero-order valence-corrected chi connectivity index (χ0v) is 14.8. The summed E-state index contributed by atoms with van der Waals surface area (Å²) >= 11 is 0. The molecule has 6 heteroatoms. The van der Waals surface area contributed by atoms with Gasteiger partial charge in [-0.15, -0.1) is 0 Å². The molecule has 0 saturated carbocycles. The van der Waals surface area contributed by atoms with Crippen LogP contribution in [0.5, 0.6) is 0 Å². The molecule has 0 saturated heterocycles. The van der Waals surface area contributed by atoms with E-state index in [4.69, 9.17) is 4.74 Å². The highest BCUT2D eigenvalue weighted by Crippen LogP contribution is 2.19. The normalized spacial score (nSPS) is 12.6. The standard InChI is InChI=1S/C18H21NO4S/c1-13-4-8-16(9-5-13)18(23-15(3)20)12-19-24(21,22)17-10-6-14(2)7-11-17/h4-11,18-19H,12H2,1-3H3. The number of sulfonamides is 1. The van der Waals surface area contributed by atoms with Crippen LogP contribution in [0.3, 0.4) is 0 Å². The summed E-state index contributed by atoms with van der Waals surface area (Å²) in [4.78, 5) is 11.5. The maximum atomic E-state index is 12.4. The number of carbonyl (C=O) groups is 1. The maximum absolute atomic E-state index is 12.4. The topological polar surface area (TPSA) is 72.5 Å². The van der Waals surface area contributed by atoms with Crippen molar-refractivity contribution < 1.29 is 17.9 Å². The lowest BCUT2D eigenvalue weighted by atomic mass is 10.1. The lowest BCUT2D eigenvalue weighted by molar-refractivity contribution is -0.146. The summed E-state index contributed by atoms with van der Waals surface area (Å²) in [6.45, 7) is 5.11. The van der Waals surface area contributed by atoms with E-state index in [1.165, 1.54) is 6.92 Å². The van der Waals surface area contributed by atoms with E-state index in [2.05, 4.69) is 4.72 Å². The minimum absolute atomic E-state index is 0.0289. The number of ether oxygens (including phenoxy) is 1. The van der Waals surface area contributed by atoms with E-state index in [0.29, 0.717) is 0 Å². The minimum Gasteiger partial charge on any atom is -0.456 e. The number of rotatable bonds is 6. The highest BCUT2D eigenvalue weighted by molar-refractivity contribution is 7.89. The third kappa shape index (κ3) is 4.91. The van der Waals surface area contributed by atoms with E-state index in [1.807, 2.05) is 38.1 Å². The molecule has 0 aliphatic rings. The molecule has 0 heterocycles. The fourth-order valence-corrected chi connectivity index (χ4v) is 3.23. The van der Waals surface area contributed by atoms with E-state index in [0.717, 1.165) is 16.7 Å². The van der Waals surface area contributed by atoms with E-state index < -0.39 is 22.1 Å². The van der Waals surface area contributed by atoms with Gasteiger partial charge < -0.3 is 4.74 Å². The lowest BCUT2D eigenvalue weighted by Crippen LogP contribution is -2.30. The first-order chi connectivity index (χ1) is 11.3. The summed E-state index contributed by atoms with van der Waals surface area (Å²) < 4.78 is 32.5. The summed E-state index contributed by atoms with van der Waals surface area (Å²) in [5.74, 6) is -0.463. The molecule has 0 aliphatic carbocycles. The minimum atomic E-state index is -3.67. The van der Waals surface area contributed by atoms with Crippen molar-refractivity contribution in [1.82, 2.24) is 4.72 Å². The fraction of sp³-hybridized carbons (Fsp3) is 0.278. The van der Waals surface area contributed by atoms with Gasteiger partial charge in [0.1, 0.15) is 6.10 Å². The second-order valence-electron chi connectivity index (χ2n) is 5.67. The van der Waals surface area contributed by atoms with Crippen LogP contribution in [0, 0.1) is 13.8 Å². The van der Waals surface area contributed by atoms with Crippen LogP contribution in [-0.2, 0) is 19.6 Å². The summed E-state index contributed by atoms with van der Waals surface area (Å²) in [7, 11) is -3.67. The molecule has 5 nitrogen and oxygen atoms in total. The highest BCUT2D eigenvalue weighted by Gasteiger charge is 2.20. The van der Waals surface area contributed by atoms with Crippen molar-refractivity contribution in [2.45, 2.75) is 31.8 Å². The van der Waals surface area contributed by atoms with Crippen LogP contribution in [0.4, 0.5) is 0 Å². The number of aryl methyl sites for hydroxylation is 2. The molecule has 1 unspecified atom stereocenters. The van der Waals surface area contributed by atoms with Gasteiger partial charge in [-0.3, -0.25) is 4.79 Å². The van der Waals surface area contributed by atoms with Gasteiger partial charge in [0.05, 0.1) is 11.4 Å². The van der Waals surface area contributed by atoms with Crippen LogP contribution in [0.2, 0.25) is 0 Å². The SMILES string of the molecule is CC(=O)OC(CNS(=O)(=O)c1ccc(C)cc1)c1ccc(C)cc1. The van der Waals surface area contributed by atoms with Crippen molar-refractivity contribution in [1.29, 1.82) is 0 Å². The van der Waals surface area contributed by atoms with Gasteiger partial charge in [0, 0.05) is 6.92 Å². The Labute approximate surface area is 142 Å². The molecule has 0 radical (unpaired) electrons. The molecular weight excluding hydrogens is 326 g/mol. The van der Waals surface area contributed by atoms with Crippen LogP contribution in [-0.4, -0.2) is 20.9 Å². The molecule has 2 aromatic carbocycles. The molecule has 0 fully saturated rings. The van der Waals surface area contributed by atoms with Crippen molar-refractivity contribution in [2.24, 2.45) is 0 Å². The van der Waals surface area contributed by atoms with Crippen molar-refractivity contribution in [3.8, 4) is 0 Å². The summed E-state index contributed by atoms with van der Waals surface area (Å²) in [6, 6.07) is 14.0. The zero-order valence-electron chi connectivity index (χ0n) is 13.9.